The SMILES string of the molecule is CC1(C)c2ccccc2-c2sc3c(-c4c5ccccc5c(-c5ccccc5-c5cccc6ccccc56)c5ccccc45)cccc3c21. The molecule has 1 heteroatoms. The van der Waals surface area contributed by atoms with Crippen LogP contribution in [-0.4, -0.2) is 0 Å². The molecule has 226 valence electrons. The van der Waals surface area contributed by atoms with Gasteiger partial charge in [-0.25, -0.2) is 0 Å². The number of benzene rings is 8. The fraction of sp³-hybridized carbons (Fsp3) is 0.0638. The van der Waals surface area contributed by atoms with Crippen LogP contribution in [0.15, 0.2) is 158 Å². The average Bonchev–Trinajstić information content (AvgIpc) is 3.64. The second kappa shape index (κ2) is 10.2. The Balaban J connectivity index is 1.30. The standard InChI is InChI=1S/C47H32S/c1-47(2)41-28-12-11-24-38(41)46-44(47)40-27-14-26-39(45(40)48-46)43-36-22-9-7-20-34(36)42(35-21-8-10-23-37(35)43)33-19-6-5-18-32(33)31-25-13-16-29-15-3-4-17-30(29)31/h3-28H,1-2H3. The summed E-state index contributed by atoms with van der Waals surface area (Å²) in [5.74, 6) is 0. The lowest BCUT2D eigenvalue weighted by Crippen LogP contribution is -2.14. The van der Waals surface area contributed by atoms with Gasteiger partial charge in [-0.15, -0.1) is 11.3 Å². The molecule has 0 radical (unpaired) electrons. The van der Waals surface area contributed by atoms with Gasteiger partial charge in [-0.05, 0) is 82.2 Å². The van der Waals surface area contributed by atoms with Gasteiger partial charge in [0.2, 0.25) is 0 Å². The maximum Gasteiger partial charge on any atom is 0.0431 e. The fourth-order valence-electron chi connectivity index (χ4n) is 8.59. The molecule has 1 aliphatic rings. The van der Waals surface area contributed by atoms with E-state index in [1.54, 1.807) is 0 Å². The molecule has 0 saturated heterocycles. The zero-order chi connectivity index (χ0) is 32.0. The lowest BCUT2D eigenvalue weighted by Gasteiger charge is -2.22. The zero-order valence-corrected chi connectivity index (χ0v) is 27.7. The maximum atomic E-state index is 2.39. The molecule has 0 N–H and O–H groups in total. The fourth-order valence-corrected chi connectivity index (χ4v) is 10.1. The van der Waals surface area contributed by atoms with Crippen molar-refractivity contribution < 1.29 is 0 Å². The molecule has 8 aromatic carbocycles. The Kier molecular flexibility index (Phi) is 5.89. The van der Waals surface area contributed by atoms with Gasteiger partial charge in [0.05, 0.1) is 0 Å². The first-order valence-electron chi connectivity index (χ1n) is 16.8. The predicted molar refractivity (Wildman–Crippen MR) is 208 cm³/mol. The number of fused-ring (bicyclic) bond motifs is 8. The smallest absolute Gasteiger partial charge is 0.0431 e. The lowest BCUT2D eigenvalue weighted by atomic mass is 9.80. The first-order valence-corrected chi connectivity index (χ1v) is 17.6. The van der Waals surface area contributed by atoms with Gasteiger partial charge in [-0.1, -0.05) is 172 Å². The van der Waals surface area contributed by atoms with Gasteiger partial charge < -0.3 is 0 Å². The predicted octanol–water partition coefficient (Wildman–Crippen LogP) is 13.7. The summed E-state index contributed by atoms with van der Waals surface area (Å²) in [6.07, 6.45) is 0. The van der Waals surface area contributed by atoms with E-state index < -0.39 is 0 Å². The zero-order valence-electron chi connectivity index (χ0n) is 26.9. The van der Waals surface area contributed by atoms with Crippen molar-refractivity contribution in [2.24, 2.45) is 0 Å². The van der Waals surface area contributed by atoms with Crippen molar-refractivity contribution in [3.05, 3.63) is 169 Å². The van der Waals surface area contributed by atoms with Crippen molar-refractivity contribution in [2.75, 3.05) is 0 Å². The molecule has 0 nitrogen and oxygen atoms in total. The van der Waals surface area contributed by atoms with Crippen LogP contribution in [0.1, 0.15) is 25.0 Å². The van der Waals surface area contributed by atoms with Gasteiger partial charge in [-0.3, -0.25) is 0 Å². The quantitative estimate of drug-likeness (QED) is 0.171. The molecule has 0 spiro atoms. The molecule has 0 bridgehead atoms. The second-order valence-corrected chi connectivity index (χ2v) is 14.6. The van der Waals surface area contributed by atoms with E-state index >= 15 is 0 Å². The summed E-state index contributed by atoms with van der Waals surface area (Å²) in [6, 6.07) is 58.5. The van der Waals surface area contributed by atoms with Gasteiger partial charge >= 0.3 is 0 Å². The monoisotopic (exact) mass is 628 g/mol. The number of hydrogen-bond acceptors (Lipinski definition) is 1. The van der Waals surface area contributed by atoms with E-state index in [0.29, 0.717) is 0 Å². The molecule has 1 heterocycles. The first kappa shape index (κ1) is 27.6. The van der Waals surface area contributed by atoms with Gasteiger partial charge in [0, 0.05) is 20.6 Å². The van der Waals surface area contributed by atoms with Crippen molar-refractivity contribution in [3.63, 3.8) is 0 Å². The minimum absolute atomic E-state index is 0.0396. The minimum Gasteiger partial charge on any atom is -0.134 e. The first-order chi connectivity index (χ1) is 23.6. The van der Waals surface area contributed by atoms with Crippen LogP contribution in [-0.2, 0) is 5.41 Å². The largest absolute Gasteiger partial charge is 0.134 e. The molecule has 0 unspecified atom stereocenters. The van der Waals surface area contributed by atoms with Crippen LogP contribution in [0.2, 0.25) is 0 Å². The summed E-state index contributed by atoms with van der Waals surface area (Å²) in [5, 5.41) is 9.07. The van der Waals surface area contributed by atoms with Crippen LogP contribution in [0.4, 0.5) is 0 Å². The van der Waals surface area contributed by atoms with Crippen molar-refractivity contribution in [1.82, 2.24) is 0 Å². The summed E-state index contributed by atoms with van der Waals surface area (Å²) in [5.41, 5.74) is 12.0. The van der Waals surface area contributed by atoms with Crippen LogP contribution < -0.4 is 0 Å². The third kappa shape index (κ3) is 3.77. The van der Waals surface area contributed by atoms with E-state index in [9.17, 15) is 0 Å². The number of thiophene rings is 1. The molecule has 0 fully saturated rings. The Morgan fingerprint density at radius 1 is 0.375 bits per heavy atom. The molecule has 0 saturated carbocycles. The van der Waals surface area contributed by atoms with Crippen molar-refractivity contribution in [1.29, 1.82) is 0 Å². The van der Waals surface area contributed by atoms with Crippen LogP contribution in [0.25, 0.3) is 86.2 Å². The van der Waals surface area contributed by atoms with Gasteiger partial charge in [-0.2, -0.15) is 0 Å². The highest BCUT2D eigenvalue weighted by atomic mass is 32.1. The van der Waals surface area contributed by atoms with Gasteiger partial charge in [0.15, 0.2) is 0 Å². The van der Waals surface area contributed by atoms with Crippen LogP contribution >= 0.6 is 11.3 Å². The molecule has 1 aromatic heterocycles. The summed E-state index contributed by atoms with van der Waals surface area (Å²) in [6.45, 7) is 4.78. The minimum atomic E-state index is -0.0396. The summed E-state index contributed by atoms with van der Waals surface area (Å²) < 4.78 is 1.38. The summed E-state index contributed by atoms with van der Waals surface area (Å²) >= 11 is 1.97. The van der Waals surface area contributed by atoms with Gasteiger partial charge in [0.25, 0.3) is 0 Å². The van der Waals surface area contributed by atoms with Gasteiger partial charge in [0.1, 0.15) is 0 Å². The topological polar surface area (TPSA) is 0 Å². The second-order valence-electron chi connectivity index (χ2n) is 13.6. The third-order valence-corrected chi connectivity index (χ3v) is 11.9. The van der Waals surface area contributed by atoms with Crippen LogP contribution in [0.3, 0.4) is 0 Å². The van der Waals surface area contributed by atoms with E-state index in [2.05, 4.69) is 172 Å². The van der Waals surface area contributed by atoms with Crippen molar-refractivity contribution >= 4 is 53.7 Å². The molecular weight excluding hydrogens is 597 g/mol. The highest BCUT2D eigenvalue weighted by Gasteiger charge is 2.39. The lowest BCUT2D eigenvalue weighted by molar-refractivity contribution is 0.667. The number of hydrogen-bond donors (Lipinski definition) is 0. The summed E-state index contributed by atoms with van der Waals surface area (Å²) in [4.78, 5) is 1.42. The Labute approximate surface area is 284 Å². The Hall–Kier alpha value is -5.50. The van der Waals surface area contributed by atoms with Crippen molar-refractivity contribution in [2.45, 2.75) is 19.3 Å². The molecule has 0 atom stereocenters. The molecule has 0 amide bonds. The molecule has 9 aromatic rings. The van der Waals surface area contributed by atoms with E-state index in [1.807, 2.05) is 11.3 Å². The average molecular weight is 629 g/mol. The Morgan fingerprint density at radius 3 is 1.54 bits per heavy atom. The maximum absolute atomic E-state index is 2.39. The summed E-state index contributed by atoms with van der Waals surface area (Å²) in [7, 11) is 0. The molecule has 10 rings (SSSR count). The van der Waals surface area contributed by atoms with Crippen LogP contribution in [0, 0.1) is 0 Å². The van der Waals surface area contributed by atoms with Crippen molar-refractivity contribution in [3.8, 4) is 43.8 Å². The third-order valence-electron chi connectivity index (χ3n) is 10.7. The highest BCUT2D eigenvalue weighted by Crippen LogP contribution is 2.57. The number of rotatable bonds is 3. The molecule has 48 heavy (non-hydrogen) atoms. The molecule has 1 aliphatic carbocycles. The van der Waals surface area contributed by atoms with E-state index in [0.717, 1.165) is 0 Å². The highest BCUT2D eigenvalue weighted by molar-refractivity contribution is 7.23. The Bertz CT molecular complexity index is 2690. The molecule has 0 aliphatic heterocycles. The van der Waals surface area contributed by atoms with E-state index in [-0.39, 0.29) is 5.41 Å². The normalized spacial score (nSPS) is 13.4. The van der Waals surface area contributed by atoms with E-state index in [1.165, 1.54) is 97.4 Å². The molecular formula is C47H32S. The Morgan fingerprint density at radius 2 is 0.833 bits per heavy atom. The van der Waals surface area contributed by atoms with E-state index in [4.69, 9.17) is 0 Å². The van der Waals surface area contributed by atoms with Crippen LogP contribution in [0.5, 0.6) is 0 Å².